The summed E-state index contributed by atoms with van der Waals surface area (Å²) >= 11 is 0. The van der Waals surface area contributed by atoms with E-state index in [1.807, 2.05) is 12.1 Å². The van der Waals surface area contributed by atoms with Gasteiger partial charge in [0.1, 0.15) is 6.10 Å². The Hall–Kier alpha value is -1.13. The number of methoxy groups -OCH3 is 1. The highest BCUT2D eigenvalue weighted by molar-refractivity contribution is 5.25. The number of rotatable bonds is 6. The zero-order chi connectivity index (χ0) is 14.4. The topological polar surface area (TPSA) is 51.6 Å². The Morgan fingerprint density at radius 3 is 2.80 bits per heavy atom. The number of aliphatic hydroxyl groups is 1. The van der Waals surface area contributed by atoms with Crippen molar-refractivity contribution in [3.63, 3.8) is 0 Å². The van der Waals surface area contributed by atoms with E-state index in [9.17, 15) is 5.11 Å². The fraction of sp³-hybridized carbons (Fsp3) is 0.688. The lowest BCUT2D eigenvalue weighted by Gasteiger charge is -2.28. The van der Waals surface area contributed by atoms with Crippen LogP contribution in [0.25, 0.3) is 0 Å². The third-order valence-electron chi connectivity index (χ3n) is 3.80. The molecule has 1 fully saturated rings. The molecule has 2 rings (SSSR count). The highest BCUT2D eigenvalue weighted by Gasteiger charge is 2.23. The van der Waals surface area contributed by atoms with Gasteiger partial charge in [-0.25, -0.2) is 4.98 Å². The van der Waals surface area contributed by atoms with Crippen molar-refractivity contribution in [2.45, 2.75) is 64.3 Å². The van der Waals surface area contributed by atoms with E-state index < -0.39 is 0 Å². The summed E-state index contributed by atoms with van der Waals surface area (Å²) in [6.07, 6.45) is 6.63. The molecule has 20 heavy (non-hydrogen) atoms. The molecular formula is C16H25NO3. The van der Waals surface area contributed by atoms with E-state index in [0.29, 0.717) is 12.0 Å². The molecule has 1 aliphatic carbocycles. The van der Waals surface area contributed by atoms with Gasteiger partial charge in [0.05, 0.1) is 12.7 Å². The van der Waals surface area contributed by atoms with Crippen LogP contribution in [0.1, 0.15) is 50.3 Å². The average Bonchev–Trinajstić information content (AvgIpc) is 2.47. The Morgan fingerprint density at radius 1 is 1.30 bits per heavy atom. The number of hydrogen-bond acceptors (Lipinski definition) is 4. The quantitative estimate of drug-likeness (QED) is 0.870. The van der Waals surface area contributed by atoms with Gasteiger partial charge in [0.15, 0.2) is 0 Å². The van der Waals surface area contributed by atoms with Gasteiger partial charge in [-0.3, -0.25) is 0 Å². The van der Waals surface area contributed by atoms with E-state index >= 15 is 0 Å². The molecule has 0 amide bonds. The molecule has 0 aromatic carbocycles. The van der Waals surface area contributed by atoms with Crippen molar-refractivity contribution < 1.29 is 14.6 Å². The van der Waals surface area contributed by atoms with Crippen molar-refractivity contribution in [2.75, 3.05) is 7.11 Å². The average molecular weight is 279 g/mol. The molecule has 112 valence electrons. The minimum Gasteiger partial charge on any atom is -0.474 e. The second-order valence-corrected chi connectivity index (χ2v) is 5.48. The van der Waals surface area contributed by atoms with E-state index in [0.717, 1.165) is 49.8 Å². The lowest BCUT2D eigenvalue weighted by molar-refractivity contribution is 0.0194. The van der Waals surface area contributed by atoms with Crippen molar-refractivity contribution in [3.8, 4) is 5.88 Å². The van der Waals surface area contributed by atoms with Crippen LogP contribution >= 0.6 is 0 Å². The summed E-state index contributed by atoms with van der Waals surface area (Å²) in [6, 6.07) is 3.80. The van der Waals surface area contributed by atoms with Crippen LogP contribution in [-0.2, 0) is 17.8 Å². The van der Waals surface area contributed by atoms with Crippen LogP contribution in [0.3, 0.4) is 0 Å². The lowest BCUT2D eigenvalue weighted by Crippen LogP contribution is -2.29. The highest BCUT2D eigenvalue weighted by Crippen LogP contribution is 2.25. The first-order valence-corrected chi connectivity index (χ1v) is 7.55. The minimum atomic E-state index is 0.0287. The molecule has 1 saturated carbocycles. The Kier molecular flexibility index (Phi) is 5.80. The Bertz CT molecular complexity index is 422. The van der Waals surface area contributed by atoms with Gasteiger partial charge in [-0.2, -0.15) is 0 Å². The largest absolute Gasteiger partial charge is 0.474 e. The van der Waals surface area contributed by atoms with Gasteiger partial charge in [-0.15, -0.1) is 0 Å². The van der Waals surface area contributed by atoms with Crippen LogP contribution in [0.15, 0.2) is 12.1 Å². The summed E-state index contributed by atoms with van der Waals surface area (Å²) in [6.45, 7) is 2.15. The first kappa shape index (κ1) is 15.3. The predicted molar refractivity (Wildman–Crippen MR) is 77.8 cm³/mol. The Balaban J connectivity index is 2.05. The smallest absolute Gasteiger partial charge is 0.214 e. The van der Waals surface area contributed by atoms with E-state index in [1.54, 1.807) is 7.11 Å². The van der Waals surface area contributed by atoms with Gasteiger partial charge in [0.25, 0.3) is 0 Å². The van der Waals surface area contributed by atoms with Gasteiger partial charge in [0.2, 0.25) is 5.88 Å². The summed E-state index contributed by atoms with van der Waals surface area (Å²) in [7, 11) is 1.76. The molecule has 0 bridgehead atoms. The van der Waals surface area contributed by atoms with Gasteiger partial charge >= 0.3 is 0 Å². The summed E-state index contributed by atoms with van der Waals surface area (Å²) in [5.74, 6) is 0.641. The van der Waals surface area contributed by atoms with Crippen LogP contribution in [0.5, 0.6) is 5.88 Å². The van der Waals surface area contributed by atoms with Crippen molar-refractivity contribution >= 4 is 0 Å². The number of nitrogens with zero attached hydrogens (tertiary/aromatic N) is 1. The van der Waals surface area contributed by atoms with E-state index in [4.69, 9.17) is 9.47 Å². The maximum absolute atomic E-state index is 9.34. The summed E-state index contributed by atoms with van der Waals surface area (Å²) in [5.41, 5.74) is 1.87. The molecule has 1 heterocycles. The fourth-order valence-corrected chi connectivity index (χ4v) is 2.75. The number of pyridine rings is 1. The Labute approximate surface area is 121 Å². The zero-order valence-corrected chi connectivity index (χ0v) is 12.5. The molecule has 2 unspecified atom stereocenters. The molecule has 0 aliphatic heterocycles. The first-order valence-electron chi connectivity index (χ1n) is 7.55. The molecule has 1 aromatic heterocycles. The molecule has 0 saturated heterocycles. The molecule has 2 atom stereocenters. The maximum Gasteiger partial charge on any atom is 0.214 e. The minimum absolute atomic E-state index is 0.0287. The molecule has 0 radical (unpaired) electrons. The first-order chi connectivity index (χ1) is 9.75. The van der Waals surface area contributed by atoms with Crippen LogP contribution in [0, 0.1) is 0 Å². The number of aromatic nitrogens is 1. The van der Waals surface area contributed by atoms with E-state index in [1.165, 1.54) is 0 Å². The van der Waals surface area contributed by atoms with Crippen LogP contribution < -0.4 is 4.74 Å². The van der Waals surface area contributed by atoms with E-state index in [-0.39, 0.29) is 12.7 Å². The molecule has 0 spiro atoms. The highest BCUT2D eigenvalue weighted by atomic mass is 16.5. The third kappa shape index (κ3) is 4.18. The van der Waals surface area contributed by atoms with Gasteiger partial charge < -0.3 is 14.6 Å². The number of aliphatic hydroxyl groups excluding tert-OH is 1. The molecule has 1 aromatic rings. The van der Waals surface area contributed by atoms with E-state index in [2.05, 4.69) is 11.9 Å². The summed E-state index contributed by atoms with van der Waals surface area (Å²) in [4.78, 5) is 4.54. The number of hydrogen-bond donors (Lipinski definition) is 1. The summed E-state index contributed by atoms with van der Waals surface area (Å²) < 4.78 is 11.4. The maximum atomic E-state index is 9.34. The predicted octanol–water partition coefficient (Wildman–Crippen LogP) is 2.86. The van der Waals surface area contributed by atoms with Crippen LogP contribution in [0.4, 0.5) is 0 Å². The van der Waals surface area contributed by atoms with Gasteiger partial charge in [-0.1, -0.05) is 13.3 Å². The van der Waals surface area contributed by atoms with Crippen molar-refractivity contribution in [1.29, 1.82) is 0 Å². The van der Waals surface area contributed by atoms with Gasteiger partial charge in [0, 0.05) is 25.3 Å². The standard InChI is InChI=1S/C16H25NO3/c1-3-5-13-8-12(11-18)9-16(17-13)20-15-7-4-6-14(10-15)19-2/h8-9,14-15,18H,3-7,10-11H2,1-2H3. The van der Waals surface area contributed by atoms with Crippen LogP contribution in [0.2, 0.25) is 0 Å². The SMILES string of the molecule is CCCc1cc(CO)cc(OC2CCCC(OC)C2)n1. The van der Waals surface area contributed by atoms with Crippen molar-refractivity contribution in [3.05, 3.63) is 23.4 Å². The van der Waals surface area contributed by atoms with Crippen LogP contribution in [-0.4, -0.2) is 29.4 Å². The molecule has 1 N–H and O–H groups in total. The van der Waals surface area contributed by atoms with Crippen molar-refractivity contribution in [1.82, 2.24) is 4.98 Å². The van der Waals surface area contributed by atoms with Gasteiger partial charge in [-0.05, 0) is 37.3 Å². The lowest BCUT2D eigenvalue weighted by atomic mass is 9.95. The molecule has 4 nitrogen and oxygen atoms in total. The molecule has 4 heteroatoms. The van der Waals surface area contributed by atoms with Crippen molar-refractivity contribution in [2.24, 2.45) is 0 Å². The number of ether oxygens (including phenoxy) is 2. The number of aryl methyl sites for hydroxylation is 1. The summed E-state index contributed by atoms with van der Waals surface area (Å²) in [5, 5.41) is 9.34. The zero-order valence-electron chi connectivity index (χ0n) is 12.5. The second kappa shape index (κ2) is 7.60. The Morgan fingerprint density at radius 2 is 2.10 bits per heavy atom. The monoisotopic (exact) mass is 279 g/mol. The third-order valence-corrected chi connectivity index (χ3v) is 3.80. The second-order valence-electron chi connectivity index (χ2n) is 5.48. The molecular weight excluding hydrogens is 254 g/mol. The fourth-order valence-electron chi connectivity index (χ4n) is 2.75. The normalized spacial score (nSPS) is 22.8. The molecule has 1 aliphatic rings.